The van der Waals surface area contributed by atoms with Crippen LogP contribution in [0.25, 0.3) is 0 Å². The van der Waals surface area contributed by atoms with Gasteiger partial charge in [0, 0.05) is 20.6 Å². The fourth-order valence-corrected chi connectivity index (χ4v) is 2.49. The van der Waals surface area contributed by atoms with Crippen molar-refractivity contribution in [1.82, 2.24) is 15.0 Å². The predicted octanol–water partition coefficient (Wildman–Crippen LogP) is 1.47. The molecule has 3 N–H and O–H groups in total. The molecule has 7 nitrogen and oxygen atoms in total. The molecule has 0 amide bonds. The van der Waals surface area contributed by atoms with Gasteiger partial charge in [0.1, 0.15) is 0 Å². The van der Waals surface area contributed by atoms with E-state index in [1.54, 1.807) is 0 Å². The topological polar surface area (TPSA) is 86.2 Å². The summed E-state index contributed by atoms with van der Waals surface area (Å²) in [7, 11) is 3.80. The van der Waals surface area contributed by atoms with Crippen molar-refractivity contribution in [3.8, 4) is 0 Å². The summed E-state index contributed by atoms with van der Waals surface area (Å²) in [5.41, 5.74) is 0. The van der Waals surface area contributed by atoms with Gasteiger partial charge in [0.05, 0.1) is 12.1 Å². The highest BCUT2D eigenvalue weighted by atomic mass is 16.3. The van der Waals surface area contributed by atoms with Crippen molar-refractivity contribution in [2.24, 2.45) is 0 Å². The Kier molecular flexibility index (Phi) is 5.55. The average Bonchev–Trinajstić information content (AvgIpc) is 2.64. The number of aliphatic hydroxyl groups excluding tert-OH is 1. The van der Waals surface area contributed by atoms with Crippen LogP contribution in [-0.2, 0) is 0 Å². The van der Waals surface area contributed by atoms with Crippen molar-refractivity contribution >= 4 is 17.8 Å². The van der Waals surface area contributed by atoms with Crippen LogP contribution in [0.1, 0.15) is 39.0 Å². The van der Waals surface area contributed by atoms with E-state index in [-0.39, 0.29) is 12.1 Å². The van der Waals surface area contributed by atoms with E-state index in [0.29, 0.717) is 17.8 Å². The minimum absolute atomic E-state index is 0.0133. The molecule has 2 unspecified atom stereocenters. The summed E-state index contributed by atoms with van der Waals surface area (Å²) in [5, 5.41) is 16.6. The molecule has 2 rings (SSSR count). The Hall–Kier alpha value is -1.63. The second-order valence-electron chi connectivity index (χ2n) is 5.66. The lowest BCUT2D eigenvalue weighted by Crippen LogP contribution is -2.33. The molecule has 7 heteroatoms. The summed E-state index contributed by atoms with van der Waals surface area (Å²) in [6, 6.07) is 0.0133. The number of hydrogen-bond donors (Lipinski definition) is 3. The number of hydrogen-bond acceptors (Lipinski definition) is 7. The van der Waals surface area contributed by atoms with Crippen LogP contribution in [0, 0.1) is 0 Å². The molecule has 0 saturated heterocycles. The molecule has 0 aromatic carbocycles. The maximum Gasteiger partial charge on any atom is 0.231 e. The smallest absolute Gasteiger partial charge is 0.231 e. The Morgan fingerprint density at radius 2 is 1.81 bits per heavy atom. The molecule has 21 heavy (non-hydrogen) atoms. The van der Waals surface area contributed by atoms with Crippen LogP contribution >= 0.6 is 0 Å². The Morgan fingerprint density at radius 3 is 2.52 bits per heavy atom. The standard InChI is InChI=1S/C14H26N6O/c1-4-15-12-17-13(19-14(18-12)20(2)3)16-10-8-6-5-7-9-11(10)21/h10-11,21H,4-9H2,1-3H3,(H2,15,16,17,18,19). The van der Waals surface area contributed by atoms with E-state index < -0.39 is 0 Å². The van der Waals surface area contributed by atoms with E-state index in [4.69, 9.17) is 0 Å². The molecular weight excluding hydrogens is 268 g/mol. The summed E-state index contributed by atoms with van der Waals surface area (Å²) in [6.07, 6.45) is 4.83. The van der Waals surface area contributed by atoms with Crippen molar-refractivity contribution in [2.45, 2.75) is 51.2 Å². The lowest BCUT2D eigenvalue weighted by atomic mass is 10.1. The molecule has 0 spiro atoms. The van der Waals surface area contributed by atoms with Crippen molar-refractivity contribution in [2.75, 3.05) is 36.2 Å². The van der Waals surface area contributed by atoms with Gasteiger partial charge in [-0.25, -0.2) is 0 Å². The fourth-order valence-electron chi connectivity index (χ4n) is 2.49. The third kappa shape index (κ3) is 4.42. The van der Waals surface area contributed by atoms with Gasteiger partial charge in [-0.1, -0.05) is 19.3 Å². The summed E-state index contributed by atoms with van der Waals surface area (Å²) < 4.78 is 0. The number of nitrogens with one attached hydrogen (secondary N) is 2. The molecule has 1 saturated carbocycles. The Labute approximate surface area is 126 Å². The molecule has 0 radical (unpaired) electrons. The van der Waals surface area contributed by atoms with E-state index >= 15 is 0 Å². The van der Waals surface area contributed by atoms with Crippen molar-refractivity contribution < 1.29 is 5.11 Å². The maximum atomic E-state index is 10.2. The highest BCUT2D eigenvalue weighted by molar-refractivity contribution is 5.43. The van der Waals surface area contributed by atoms with E-state index in [1.165, 1.54) is 6.42 Å². The number of rotatable bonds is 5. The van der Waals surface area contributed by atoms with Crippen LogP contribution in [0.3, 0.4) is 0 Å². The molecule has 0 aliphatic heterocycles. The second-order valence-corrected chi connectivity index (χ2v) is 5.66. The number of aliphatic hydroxyl groups is 1. The zero-order valence-electron chi connectivity index (χ0n) is 13.1. The van der Waals surface area contributed by atoms with Crippen LogP contribution < -0.4 is 15.5 Å². The highest BCUT2D eigenvalue weighted by Gasteiger charge is 2.22. The summed E-state index contributed by atoms with van der Waals surface area (Å²) >= 11 is 0. The number of aromatic nitrogens is 3. The molecule has 1 fully saturated rings. The van der Waals surface area contributed by atoms with E-state index in [2.05, 4.69) is 25.6 Å². The van der Waals surface area contributed by atoms with E-state index in [9.17, 15) is 5.11 Å². The quantitative estimate of drug-likeness (QED) is 0.709. The first kappa shape index (κ1) is 15.8. The monoisotopic (exact) mass is 294 g/mol. The first-order valence-electron chi connectivity index (χ1n) is 7.72. The lowest BCUT2D eigenvalue weighted by molar-refractivity contribution is 0.144. The van der Waals surface area contributed by atoms with Gasteiger partial charge in [0.15, 0.2) is 0 Å². The Balaban J connectivity index is 2.17. The molecule has 1 aromatic rings. The van der Waals surface area contributed by atoms with Gasteiger partial charge in [0.2, 0.25) is 17.8 Å². The van der Waals surface area contributed by atoms with Gasteiger partial charge in [-0.2, -0.15) is 15.0 Å². The number of nitrogens with zero attached hydrogens (tertiary/aromatic N) is 4. The van der Waals surface area contributed by atoms with E-state index in [1.807, 2.05) is 25.9 Å². The third-order valence-electron chi connectivity index (χ3n) is 3.65. The largest absolute Gasteiger partial charge is 0.391 e. The molecule has 1 aliphatic rings. The zero-order chi connectivity index (χ0) is 15.2. The third-order valence-corrected chi connectivity index (χ3v) is 3.65. The molecule has 0 bridgehead atoms. The second kappa shape index (κ2) is 7.40. The fraction of sp³-hybridized carbons (Fsp3) is 0.786. The molecule has 1 heterocycles. The van der Waals surface area contributed by atoms with Crippen LogP contribution in [0.15, 0.2) is 0 Å². The van der Waals surface area contributed by atoms with Crippen LogP contribution in [0.2, 0.25) is 0 Å². The average molecular weight is 294 g/mol. The van der Waals surface area contributed by atoms with Gasteiger partial charge < -0.3 is 20.6 Å². The Morgan fingerprint density at radius 1 is 1.10 bits per heavy atom. The summed E-state index contributed by atoms with van der Waals surface area (Å²) in [5.74, 6) is 1.68. The van der Waals surface area contributed by atoms with Gasteiger partial charge in [-0.3, -0.25) is 0 Å². The first-order valence-corrected chi connectivity index (χ1v) is 7.72. The molecule has 118 valence electrons. The predicted molar refractivity (Wildman–Crippen MR) is 84.8 cm³/mol. The zero-order valence-corrected chi connectivity index (χ0v) is 13.1. The highest BCUT2D eigenvalue weighted by Crippen LogP contribution is 2.21. The minimum atomic E-state index is -0.338. The van der Waals surface area contributed by atoms with E-state index in [0.717, 1.165) is 32.2 Å². The SMILES string of the molecule is CCNc1nc(NC2CCCCCC2O)nc(N(C)C)n1. The molecule has 1 aliphatic carbocycles. The van der Waals surface area contributed by atoms with Crippen molar-refractivity contribution in [3.05, 3.63) is 0 Å². The van der Waals surface area contributed by atoms with Gasteiger partial charge in [-0.15, -0.1) is 0 Å². The summed E-state index contributed by atoms with van der Waals surface area (Å²) in [4.78, 5) is 15.0. The minimum Gasteiger partial charge on any atom is -0.391 e. The number of anilines is 3. The first-order chi connectivity index (χ1) is 10.1. The van der Waals surface area contributed by atoms with Crippen LogP contribution in [-0.4, -0.2) is 52.8 Å². The lowest BCUT2D eigenvalue weighted by Gasteiger charge is -2.22. The molecular formula is C14H26N6O. The molecule has 1 aromatic heterocycles. The van der Waals surface area contributed by atoms with Gasteiger partial charge in [-0.05, 0) is 19.8 Å². The summed E-state index contributed by atoms with van der Waals surface area (Å²) in [6.45, 7) is 2.75. The van der Waals surface area contributed by atoms with Gasteiger partial charge >= 0.3 is 0 Å². The van der Waals surface area contributed by atoms with Crippen molar-refractivity contribution in [3.63, 3.8) is 0 Å². The van der Waals surface area contributed by atoms with Crippen LogP contribution in [0.4, 0.5) is 17.8 Å². The normalized spacial score (nSPS) is 22.5. The maximum absolute atomic E-state index is 10.2. The molecule has 2 atom stereocenters. The Bertz CT molecular complexity index is 453. The van der Waals surface area contributed by atoms with Crippen molar-refractivity contribution in [1.29, 1.82) is 0 Å². The van der Waals surface area contributed by atoms with Crippen LogP contribution in [0.5, 0.6) is 0 Å². The van der Waals surface area contributed by atoms with Gasteiger partial charge in [0.25, 0.3) is 0 Å².